The van der Waals surface area contributed by atoms with Gasteiger partial charge in [0.1, 0.15) is 0 Å². The zero-order chi connectivity index (χ0) is 5.70. The number of rotatable bonds is 2. The molecule has 0 heterocycles. The molecule has 0 aliphatic carbocycles. The van der Waals surface area contributed by atoms with Gasteiger partial charge in [0.2, 0.25) is 0 Å². The predicted molar refractivity (Wildman–Crippen MR) is 35.1 cm³/mol. The van der Waals surface area contributed by atoms with Crippen molar-refractivity contribution >= 4 is 12.6 Å². The average molecular weight is 113 g/mol. The second-order valence-corrected chi connectivity index (χ2v) is 2.11. The molecule has 39 valence electrons. The van der Waals surface area contributed by atoms with Crippen molar-refractivity contribution in [1.29, 1.82) is 0 Å². The molecule has 0 rings (SSSR count). The number of hydrogen-bond acceptors (Lipinski definition) is 0. The molecule has 1 atom stereocenters. The molecule has 1 heteroatoms. The largest absolute Gasteiger partial charge is 0.120 e. The van der Waals surface area contributed by atoms with Gasteiger partial charge in [-0.25, -0.2) is 0 Å². The minimum absolute atomic E-state index is 0.296. The Bertz CT molecular complexity index is 70.7. The lowest BCUT2D eigenvalue weighted by Crippen LogP contribution is -1.91. The van der Waals surface area contributed by atoms with Crippen LogP contribution in [0.4, 0.5) is 0 Å². The third-order valence-electron chi connectivity index (χ3n) is 0.801. The van der Waals surface area contributed by atoms with Crippen molar-refractivity contribution < 1.29 is 0 Å². The molecule has 0 fully saturated rings. The molecule has 0 spiro atoms. The summed E-state index contributed by atoms with van der Waals surface area (Å²) >= 11 is 4.90. The maximum absolute atomic E-state index is 4.99. The fraction of sp³-hybridized carbons (Fsp3) is 0.667. The van der Waals surface area contributed by atoms with Crippen LogP contribution in [-0.4, -0.2) is 5.25 Å². The van der Waals surface area contributed by atoms with Crippen LogP contribution < -0.4 is 0 Å². The summed E-state index contributed by atoms with van der Waals surface area (Å²) in [5, 5.41) is 0.296. The van der Waals surface area contributed by atoms with Crippen molar-refractivity contribution in [2.24, 2.45) is 0 Å². The number of hydrogen-bond donors (Lipinski definition) is 0. The lowest BCUT2D eigenvalue weighted by atomic mass is 10.2. The molecule has 0 aliphatic rings. The molecular weight excluding hydrogens is 104 g/mol. The van der Waals surface area contributed by atoms with Crippen LogP contribution in [0.25, 0.3) is 0 Å². The van der Waals surface area contributed by atoms with Crippen molar-refractivity contribution in [3.8, 4) is 12.3 Å². The Labute approximate surface area is 50.7 Å². The standard InChI is InChI=1S/C6H9S/c1-3-5-6(7)4-2/h1,6H,4-5H2,2H3. The van der Waals surface area contributed by atoms with Gasteiger partial charge in [0.25, 0.3) is 0 Å². The highest BCUT2D eigenvalue weighted by Gasteiger charge is 1.93. The summed E-state index contributed by atoms with van der Waals surface area (Å²) in [6, 6.07) is 0. The molecule has 1 radical (unpaired) electrons. The molecule has 7 heavy (non-hydrogen) atoms. The molecule has 0 nitrogen and oxygen atoms in total. The van der Waals surface area contributed by atoms with E-state index in [-0.39, 0.29) is 0 Å². The smallest absolute Gasteiger partial charge is 0.0258 e. The molecule has 0 aliphatic heterocycles. The van der Waals surface area contributed by atoms with Crippen molar-refractivity contribution in [3.05, 3.63) is 0 Å². The molecule has 0 bridgehead atoms. The maximum atomic E-state index is 4.99. The van der Waals surface area contributed by atoms with Crippen molar-refractivity contribution in [3.63, 3.8) is 0 Å². The summed E-state index contributed by atoms with van der Waals surface area (Å²) in [5.74, 6) is 2.51. The molecule has 0 aromatic heterocycles. The first-order valence-electron chi connectivity index (χ1n) is 2.40. The predicted octanol–water partition coefficient (Wildman–Crippen LogP) is 1.99. The molecule has 0 aromatic carbocycles. The lowest BCUT2D eigenvalue weighted by molar-refractivity contribution is 0.856. The summed E-state index contributed by atoms with van der Waals surface area (Å²) in [6.45, 7) is 2.05. The van der Waals surface area contributed by atoms with Gasteiger partial charge in [-0.3, -0.25) is 0 Å². The van der Waals surface area contributed by atoms with Gasteiger partial charge in [0, 0.05) is 11.7 Å². The van der Waals surface area contributed by atoms with Crippen LogP contribution in [0.15, 0.2) is 0 Å². The van der Waals surface area contributed by atoms with Crippen molar-refractivity contribution in [2.45, 2.75) is 25.0 Å². The molecule has 1 unspecified atom stereocenters. The zero-order valence-electron chi connectivity index (χ0n) is 4.48. The maximum Gasteiger partial charge on any atom is 0.0258 e. The minimum atomic E-state index is 0.296. The van der Waals surface area contributed by atoms with E-state index >= 15 is 0 Å². The Morgan fingerprint density at radius 2 is 2.43 bits per heavy atom. The molecular formula is C6H9S. The Balaban J connectivity index is 3.03. The molecule has 0 aromatic rings. The molecule has 0 N–H and O–H groups in total. The Morgan fingerprint density at radius 3 is 2.57 bits per heavy atom. The van der Waals surface area contributed by atoms with Gasteiger partial charge in [-0.05, 0) is 6.42 Å². The molecule has 0 amide bonds. The van der Waals surface area contributed by atoms with Crippen LogP contribution in [0.1, 0.15) is 19.8 Å². The summed E-state index contributed by atoms with van der Waals surface area (Å²) in [4.78, 5) is 0. The first-order valence-corrected chi connectivity index (χ1v) is 2.87. The van der Waals surface area contributed by atoms with E-state index < -0.39 is 0 Å². The normalized spacial score (nSPS) is 12.7. The van der Waals surface area contributed by atoms with Gasteiger partial charge >= 0.3 is 0 Å². The SMILES string of the molecule is C#CCC([S])CC. The number of terminal acetylenes is 1. The first kappa shape index (κ1) is 6.91. The van der Waals surface area contributed by atoms with Crippen LogP contribution in [0.5, 0.6) is 0 Å². The van der Waals surface area contributed by atoms with Crippen LogP contribution in [0.2, 0.25) is 0 Å². The van der Waals surface area contributed by atoms with Gasteiger partial charge in [-0.15, -0.1) is 12.3 Å². The van der Waals surface area contributed by atoms with E-state index in [1.54, 1.807) is 0 Å². The van der Waals surface area contributed by atoms with Crippen LogP contribution in [-0.2, 0) is 0 Å². The fourth-order valence-corrected chi connectivity index (χ4v) is 0.372. The van der Waals surface area contributed by atoms with Gasteiger partial charge in [-0.2, -0.15) is 0 Å². The van der Waals surface area contributed by atoms with Crippen LogP contribution in [0.3, 0.4) is 0 Å². The first-order chi connectivity index (χ1) is 3.31. The Hall–Kier alpha value is -0.0900. The second-order valence-electron chi connectivity index (χ2n) is 1.44. The topological polar surface area (TPSA) is 0 Å². The van der Waals surface area contributed by atoms with Gasteiger partial charge in [0.05, 0.1) is 0 Å². The highest BCUT2D eigenvalue weighted by atomic mass is 32.1. The average Bonchev–Trinajstić information content (AvgIpc) is 1.68. The quantitative estimate of drug-likeness (QED) is 0.480. The van der Waals surface area contributed by atoms with Crippen molar-refractivity contribution in [2.75, 3.05) is 0 Å². The monoisotopic (exact) mass is 113 g/mol. The Kier molecular flexibility index (Phi) is 4.03. The van der Waals surface area contributed by atoms with E-state index in [0.717, 1.165) is 12.8 Å². The lowest BCUT2D eigenvalue weighted by Gasteiger charge is -1.96. The second kappa shape index (κ2) is 4.08. The van der Waals surface area contributed by atoms with E-state index in [1.807, 2.05) is 0 Å². The van der Waals surface area contributed by atoms with Gasteiger partial charge in [-0.1, -0.05) is 19.6 Å². The van der Waals surface area contributed by atoms with Gasteiger partial charge in [0.15, 0.2) is 0 Å². The third kappa shape index (κ3) is 3.75. The third-order valence-corrected chi connectivity index (χ3v) is 1.30. The highest BCUT2D eigenvalue weighted by molar-refractivity contribution is 7.80. The van der Waals surface area contributed by atoms with E-state index in [2.05, 4.69) is 12.8 Å². The minimum Gasteiger partial charge on any atom is -0.120 e. The van der Waals surface area contributed by atoms with Crippen LogP contribution in [0, 0.1) is 12.3 Å². The van der Waals surface area contributed by atoms with Gasteiger partial charge < -0.3 is 0 Å². The summed E-state index contributed by atoms with van der Waals surface area (Å²) in [7, 11) is 0. The molecule has 0 saturated heterocycles. The summed E-state index contributed by atoms with van der Waals surface area (Å²) in [6.07, 6.45) is 6.74. The van der Waals surface area contributed by atoms with Crippen molar-refractivity contribution in [1.82, 2.24) is 0 Å². The molecule has 0 saturated carbocycles. The summed E-state index contributed by atoms with van der Waals surface area (Å²) < 4.78 is 0. The highest BCUT2D eigenvalue weighted by Crippen LogP contribution is 2.02. The fourth-order valence-electron chi connectivity index (χ4n) is 0.276. The van der Waals surface area contributed by atoms with E-state index in [1.165, 1.54) is 0 Å². The van der Waals surface area contributed by atoms with Crippen LogP contribution >= 0.6 is 12.6 Å². The Morgan fingerprint density at radius 1 is 1.86 bits per heavy atom. The van der Waals surface area contributed by atoms with E-state index in [9.17, 15) is 0 Å². The summed E-state index contributed by atoms with van der Waals surface area (Å²) in [5.41, 5.74) is 0. The van der Waals surface area contributed by atoms with E-state index in [0.29, 0.717) is 5.25 Å². The zero-order valence-corrected chi connectivity index (χ0v) is 5.29. The van der Waals surface area contributed by atoms with E-state index in [4.69, 9.17) is 19.1 Å².